The third-order valence-corrected chi connectivity index (χ3v) is 5.42. The molecule has 0 aliphatic heterocycles. The summed E-state index contributed by atoms with van der Waals surface area (Å²) in [4.78, 5) is 14.4. The van der Waals surface area contributed by atoms with Crippen molar-refractivity contribution in [3.8, 4) is 0 Å². The molecule has 1 heterocycles. The monoisotopic (exact) mass is 334 g/mol. The maximum atomic E-state index is 11.1. The molecule has 5 heteroatoms. The Balaban J connectivity index is 2.20. The maximum absolute atomic E-state index is 11.1. The predicted molar refractivity (Wildman–Crippen MR) is 101 cm³/mol. The Morgan fingerprint density at radius 2 is 2.17 bits per heavy atom. The number of rotatable bonds is 5. The molecule has 4 nitrogen and oxygen atoms in total. The molecule has 0 saturated heterocycles. The molecule has 24 heavy (non-hydrogen) atoms. The number of allylic oxidation sites excluding steroid dienone is 6. The summed E-state index contributed by atoms with van der Waals surface area (Å²) in [6.45, 7) is 2.06. The van der Waals surface area contributed by atoms with Crippen molar-refractivity contribution in [2.75, 3.05) is 6.54 Å². The van der Waals surface area contributed by atoms with Crippen molar-refractivity contribution in [3.63, 3.8) is 0 Å². The van der Waals surface area contributed by atoms with Crippen LogP contribution in [0.4, 0.5) is 0 Å². The second-order valence-corrected chi connectivity index (χ2v) is 7.32. The second kappa shape index (κ2) is 7.13. The average Bonchev–Trinajstić information content (AvgIpc) is 2.81. The zero-order chi connectivity index (χ0) is 17.1. The van der Waals surface area contributed by atoms with Crippen LogP contribution in [0.15, 0.2) is 54.6 Å². The van der Waals surface area contributed by atoms with E-state index in [1.54, 1.807) is 0 Å². The molecule has 1 aromatic carbocycles. The molecule has 0 bridgehead atoms. The summed E-state index contributed by atoms with van der Waals surface area (Å²) >= 11 is -0.303. The molecule has 3 rings (SSSR count). The number of aromatic amines is 1. The van der Waals surface area contributed by atoms with Crippen LogP contribution in [0.1, 0.15) is 23.0 Å². The fourth-order valence-corrected chi connectivity index (χ4v) is 4.00. The third kappa shape index (κ3) is 3.33. The molecule has 0 saturated carbocycles. The number of fused-ring (bicyclic) bond motifs is 1. The van der Waals surface area contributed by atoms with Crippen LogP contribution >= 0.6 is 0 Å². The van der Waals surface area contributed by atoms with Crippen LogP contribution in [0.25, 0.3) is 16.5 Å². The van der Waals surface area contributed by atoms with Gasteiger partial charge in [0.05, 0.1) is 0 Å². The summed E-state index contributed by atoms with van der Waals surface area (Å²) in [6, 6.07) is 8.01. The molecular formula is C19H19AlN2O2. The van der Waals surface area contributed by atoms with E-state index < -0.39 is 0 Å². The second-order valence-electron chi connectivity index (χ2n) is 6.04. The summed E-state index contributed by atoms with van der Waals surface area (Å²) in [5.41, 5.74) is 4.09. The molecule has 1 aliphatic rings. The van der Waals surface area contributed by atoms with Gasteiger partial charge in [-0.3, -0.25) is 0 Å². The molecule has 2 unspecified atom stereocenters. The van der Waals surface area contributed by atoms with Crippen LogP contribution in [0.2, 0.25) is 0 Å². The SMILES string of the molecule is [CH2]=[Al][CH](C[N+](=O)[O-])c1c(C2=CC=CC(C)C=C2)[nH]c2ccccc12. The first kappa shape index (κ1) is 16.6. The van der Waals surface area contributed by atoms with Crippen LogP contribution in [0.5, 0.6) is 0 Å². The first-order valence-corrected chi connectivity index (χ1v) is 9.50. The van der Waals surface area contributed by atoms with Crippen LogP contribution in [-0.4, -0.2) is 36.6 Å². The Morgan fingerprint density at radius 3 is 2.92 bits per heavy atom. The van der Waals surface area contributed by atoms with Gasteiger partial charge < -0.3 is 0 Å². The Bertz CT molecular complexity index is 877. The quantitative estimate of drug-likeness (QED) is 0.514. The number of para-hydroxylation sites is 1. The molecule has 2 atom stereocenters. The van der Waals surface area contributed by atoms with Gasteiger partial charge in [-0.1, -0.05) is 0 Å². The zero-order valence-electron chi connectivity index (χ0n) is 13.6. The number of aromatic nitrogens is 1. The van der Waals surface area contributed by atoms with Crippen molar-refractivity contribution < 1.29 is 4.92 Å². The Hall–Kier alpha value is -2.22. The van der Waals surface area contributed by atoms with Crippen molar-refractivity contribution in [3.05, 3.63) is 76.0 Å². The van der Waals surface area contributed by atoms with Crippen LogP contribution in [0.3, 0.4) is 0 Å². The molecule has 1 aliphatic carbocycles. The van der Waals surface area contributed by atoms with Gasteiger partial charge in [-0.25, -0.2) is 0 Å². The van der Waals surface area contributed by atoms with E-state index in [-0.39, 0.29) is 31.0 Å². The zero-order valence-corrected chi connectivity index (χ0v) is 14.8. The summed E-state index contributed by atoms with van der Waals surface area (Å²) in [7, 11) is 0. The summed E-state index contributed by atoms with van der Waals surface area (Å²) < 4.78 is -0.134. The number of benzene rings is 1. The number of hydrogen-bond acceptors (Lipinski definition) is 2. The van der Waals surface area contributed by atoms with Gasteiger partial charge >= 0.3 is 147 Å². The van der Waals surface area contributed by atoms with E-state index in [9.17, 15) is 10.1 Å². The molecule has 0 amide bonds. The number of nitro groups is 1. The summed E-state index contributed by atoms with van der Waals surface area (Å²) in [6.07, 6.45) is 10.5. The van der Waals surface area contributed by atoms with E-state index in [4.69, 9.17) is 0 Å². The first-order valence-electron chi connectivity index (χ1n) is 8.02. The van der Waals surface area contributed by atoms with Gasteiger partial charge in [-0.15, -0.1) is 0 Å². The van der Waals surface area contributed by atoms with E-state index in [0.29, 0.717) is 5.92 Å². The van der Waals surface area contributed by atoms with Gasteiger partial charge in [0.2, 0.25) is 0 Å². The fraction of sp³-hybridized carbons (Fsp3) is 0.211. The van der Waals surface area contributed by atoms with Crippen molar-refractivity contribution in [1.82, 2.24) is 4.98 Å². The molecule has 0 radical (unpaired) electrons. The van der Waals surface area contributed by atoms with Crippen LogP contribution in [-0.2, 0) is 0 Å². The van der Waals surface area contributed by atoms with Gasteiger partial charge in [-0.05, 0) is 0 Å². The average molecular weight is 334 g/mol. The van der Waals surface area contributed by atoms with Crippen molar-refractivity contribution in [2.24, 2.45) is 5.92 Å². The number of hydrogen-bond donors (Lipinski definition) is 1. The Morgan fingerprint density at radius 1 is 1.38 bits per heavy atom. The standard InChI is InChI=1S/C18H17N2O2.CH2.Al/c1-13-5-4-6-14(10-9-13)18-16(11-12-20(21)22)15-7-2-3-8-17(15)19-18;;/h2-11,13,19H,12H2,1H3;1H2;. The van der Waals surface area contributed by atoms with E-state index >= 15 is 0 Å². The molecule has 1 aromatic heterocycles. The molecule has 120 valence electrons. The number of H-pyrrole nitrogens is 1. The normalized spacial score (nSPS) is 18.0. The molecular weight excluding hydrogens is 315 g/mol. The Labute approximate surface area is 147 Å². The number of nitrogens with zero attached hydrogens (tertiary/aromatic N) is 1. The number of nitrogens with one attached hydrogen (secondary N) is 1. The van der Waals surface area contributed by atoms with Gasteiger partial charge in [0, 0.05) is 0 Å². The first-order chi connectivity index (χ1) is 11.6. The fourth-order valence-electron chi connectivity index (χ4n) is 3.10. The van der Waals surface area contributed by atoms with E-state index in [1.165, 1.54) is 0 Å². The molecule has 1 N–H and O–H groups in total. The Kier molecular flexibility index (Phi) is 4.94. The summed E-state index contributed by atoms with van der Waals surface area (Å²) in [5, 5.41) is 16.2. The minimum atomic E-state index is -0.303. The topological polar surface area (TPSA) is 58.9 Å². The molecule has 0 fully saturated rings. The molecule has 2 aromatic rings. The van der Waals surface area contributed by atoms with Crippen molar-refractivity contribution in [2.45, 2.75) is 11.7 Å². The minimum absolute atomic E-state index is 0.0725. The predicted octanol–water partition coefficient (Wildman–Crippen LogP) is 3.77. The van der Waals surface area contributed by atoms with Crippen molar-refractivity contribution >= 4 is 36.6 Å². The van der Waals surface area contributed by atoms with Gasteiger partial charge in [0.15, 0.2) is 0 Å². The van der Waals surface area contributed by atoms with Crippen LogP contribution in [0, 0.1) is 16.0 Å². The van der Waals surface area contributed by atoms with E-state index in [2.05, 4.69) is 47.7 Å². The third-order valence-electron chi connectivity index (χ3n) is 4.31. The van der Waals surface area contributed by atoms with Crippen molar-refractivity contribution in [1.29, 1.82) is 0 Å². The van der Waals surface area contributed by atoms with Crippen LogP contribution < -0.4 is 0 Å². The van der Waals surface area contributed by atoms with E-state index in [0.717, 1.165) is 27.7 Å². The van der Waals surface area contributed by atoms with E-state index in [1.807, 2.05) is 24.3 Å². The molecule has 0 spiro atoms. The summed E-state index contributed by atoms with van der Waals surface area (Å²) in [5.74, 6) is 0.375. The van der Waals surface area contributed by atoms with Gasteiger partial charge in [-0.2, -0.15) is 0 Å². The van der Waals surface area contributed by atoms with Gasteiger partial charge in [0.25, 0.3) is 0 Å². The van der Waals surface area contributed by atoms with Gasteiger partial charge in [0.1, 0.15) is 0 Å².